The summed E-state index contributed by atoms with van der Waals surface area (Å²) in [6, 6.07) is 0. The third-order valence-electron chi connectivity index (χ3n) is 4.33. The molecule has 1 saturated carbocycles. The molecule has 2 nitrogen and oxygen atoms in total. The second-order valence-corrected chi connectivity index (χ2v) is 7.35. The van der Waals surface area contributed by atoms with E-state index < -0.39 is 0 Å². The van der Waals surface area contributed by atoms with Crippen LogP contribution in [0, 0.1) is 5.92 Å². The van der Waals surface area contributed by atoms with Crippen molar-refractivity contribution < 1.29 is 4.74 Å². The molecule has 0 aromatic rings. The summed E-state index contributed by atoms with van der Waals surface area (Å²) < 4.78 is 6.24. The molecule has 21 heavy (non-hydrogen) atoms. The van der Waals surface area contributed by atoms with Gasteiger partial charge in [-0.25, -0.2) is 0 Å². The zero-order chi connectivity index (χ0) is 15.9. The third-order valence-corrected chi connectivity index (χ3v) is 4.33. The third kappa shape index (κ3) is 7.06. The highest BCUT2D eigenvalue weighted by Crippen LogP contribution is 2.31. The number of ether oxygens (including phenoxy) is 1. The van der Waals surface area contributed by atoms with E-state index in [2.05, 4.69) is 52.9 Å². The van der Waals surface area contributed by atoms with Gasteiger partial charge >= 0.3 is 0 Å². The smallest absolute Gasteiger partial charge is 0.186 e. The van der Waals surface area contributed by atoms with Gasteiger partial charge in [-0.3, -0.25) is 0 Å². The predicted molar refractivity (Wildman–Crippen MR) is 92.2 cm³/mol. The molecule has 1 rings (SSSR count). The molecule has 0 radical (unpaired) electrons. The summed E-state index contributed by atoms with van der Waals surface area (Å²) in [5.41, 5.74) is 2.82. The van der Waals surface area contributed by atoms with Crippen LogP contribution in [0.25, 0.3) is 0 Å². The summed E-state index contributed by atoms with van der Waals surface area (Å²) in [6.07, 6.45) is 9.49. The molecule has 0 amide bonds. The lowest BCUT2D eigenvalue weighted by molar-refractivity contribution is 0.0161. The lowest BCUT2D eigenvalue weighted by atomic mass is 9.92. The van der Waals surface area contributed by atoms with E-state index in [1.807, 2.05) is 0 Å². The van der Waals surface area contributed by atoms with Crippen LogP contribution in [0.3, 0.4) is 0 Å². The molecule has 1 aliphatic rings. The number of allylic oxidation sites excluding steroid dienone is 3. The van der Waals surface area contributed by atoms with Crippen LogP contribution < -0.4 is 5.32 Å². The Morgan fingerprint density at radius 3 is 2.48 bits per heavy atom. The molecule has 1 unspecified atom stereocenters. The van der Waals surface area contributed by atoms with E-state index >= 15 is 0 Å². The van der Waals surface area contributed by atoms with Gasteiger partial charge in [0.05, 0.1) is 0 Å². The largest absolute Gasteiger partial charge is 0.473 e. The monoisotopic (exact) mass is 293 g/mol. The van der Waals surface area contributed by atoms with E-state index in [1.165, 1.54) is 43.3 Å². The standard InChI is InChI=1S/C19H35NO/c1-7-19(5,6)21-18(17-12-9-13-17)20-14-16(4)11-8-10-15(2)3/h10,16,20H,7-9,11-14H2,1-6H3. The molecule has 0 heterocycles. The van der Waals surface area contributed by atoms with E-state index in [0.717, 1.165) is 18.8 Å². The van der Waals surface area contributed by atoms with Crippen molar-refractivity contribution in [2.75, 3.05) is 6.54 Å². The predicted octanol–water partition coefficient (Wildman–Crippen LogP) is 5.56. The van der Waals surface area contributed by atoms with Gasteiger partial charge in [-0.2, -0.15) is 0 Å². The molecule has 0 saturated heterocycles. The van der Waals surface area contributed by atoms with Gasteiger partial charge in [0.15, 0.2) is 5.88 Å². The van der Waals surface area contributed by atoms with Gasteiger partial charge in [-0.15, -0.1) is 0 Å². The Kier molecular flexibility index (Phi) is 7.34. The second-order valence-electron chi connectivity index (χ2n) is 7.35. The zero-order valence-electron chi connectivity index (χ0n) is 15.0. The summed E-state index contributed by atoms with van der Waals surface area (Å²) in [6.45, 7) is 14.2. The minimum Gasteiger partial charge on any atom is -0.473 e. The van der Waals surface area contributed by atoms with Gasteiger partial charge in [0, 0.05) is 6.54 Å². The van der Waals surface area contributed by atoms with Crippen molar-refractivity contribution in [1.29, 1.82) is 0 Å². The molecular weight excluding hydrogens is 258 g/mol. The number of hydrogen-bond acceptors (Lipinski definition) is 2. The summed E-state index contributed by atoms with van der Waals surface area (Å²) in [4.78, 5) is 0. The quantitative estimate of drug-likeness (QED) is 0.444. The van der Waals surface area contributed by atoms with Crippen LogP contribution in [0.5, 0.6) is 0 Å². The molecule has 1 atom stereocenters. The Hall–Kier alpha value is -0.920. The van der Waals surface area contributed by atoms with E-state index in [-0.39, 0.29) is 5.60 Å². The van der Waals surface area contributed by atoms with Crippen LogP contribution in [-0.4, -0.2) is 12.1 Å². The van der Waals surface area contributed by atoms with Gasteiger partial charge in [0.25, 0.3) is 0 Å². The van der Waals surface area contributed by atoms with Crippen molar-refractivity contribution in [3.05, 3.63) is 23.1 Å². The van der Waals surface area contributed by atoms with Crippen LogP contribution in [0.4, 0.5) is 0 Å². The Bertz CT molecular complexity index is 369. The first kappa shape index (κ1) is 18.1. The summed E-state index contributed by atoms with van der Waals surface area (Å²) in [5, 5.41) is 3.59. The number of rotatable bonds is 9. The molecule has 0 aliphatic heterocycles. The second kappa shape index (κ2) is 8.51. The Balaban J connectivity index is 2.46. The minimum absolute atomic E-state index is 0.0732. The molecular formula is C19H35NO. The van der Waals surface area contributed by atoms with Crippen molar-refractivity contribution in [1.82, 2.24) is 5.32 Å². The van der Waals surface area contributed by atoms with Gasteiger partial charge in [0.2, 0.25) is 0 Å². The molecule has 0 spiro atoms. The fraction of sp³-hybridized carbons (Fsp3) is 0.789. The molecule has 2 heteroatoms. The van der Waals surface area contributed by atoms with Gasteiger partial charge in [0.1, 0.15) is 5.60 Å². The molecule has 0 bridgehead atoms. The molecule has 122 valence electrons. The Morgan fingerprint density at radius 2 is 2.00 bits per heavy atom. The van der Waals surface area contributed by atoms with E-state index in [1.54, 1.807) is 0 Å². The maximum absolute atomic E-state index is 6.24. The van der Waals surface area contributed by atoms with Crippen molar-refractivity contribution in [3.8, 4) is 0 Å². The van der Waals surface area contributed by atoms with Crippen molar-refractivity contribution in [2.45, 2.75) is 85.7 Å². The maximum atomic E-state index is 6.24. The molecule has 1 aliphatic carbocycles. The SMILES string of the molecule is CCC(C)(C)OC(NCC(C)CCC=C(C)C)=C1CCC1. The number of nitrogens with one attached hydrogen (secondary N) is 1. The Labute approximate surface area is 132 Å². The normalized spacial score (nSPS) is 16.0. The lowest BCUT2D eigenvalue weighted by Crippen LogP contribution is -2.32. The molecule has 1 fully saturated rings. The highest BCUT2D eigenvalue weighted by atomic mass is 16.5. The van der Waals surface area contributed by atoms with Crippen LogP contribution in [0.1, 0.15) is 80.1 Å². The average Bonchev–Trinajstić information content (AvgIpc) is 2.33. The van der Waals surface area contributed by atoms with E-state index in [0.29, 0.717) is 5.92 Å². The summed E-state index contributed by atoms with van der Waals surface area (Å²) in [7, 11) is 0. The van der Waals surface area contributed by atoms with Crippen LogP contribution in [0.15, 0.2) is 23.1 Å². The molecule has 1 N–H and O–H groups in total. The van der Waals surface area contributed by atoms with Gasteiger partial charge < -0.3 is 10.1 Å². The first-order valence-electron chi connectivity index (χ1n) is 8.62. The molecule has 0 aromatic heterocycles. The first-order chi connectivity index (χ1) is 9.84. The lowest BCUT2D eigenvalue weighted by Gasteiger charge is -2.31. The fourth-order valence-corrected chi connectivity index (χ4v) is 2.19. The zero-order valence-corrected chi connectivity index (χ0v) is 15.0. The average molecular weight is 293 g/mol. The Morgan fingerprint density at radius 1 is 1.33 bits per heavy atom. The summed E-state index contributed by atoms with van der Waals surface area (Å²) >= 11 is 0. The van der Waals surface area contributed by atoms with Gasteiger partial charge in [-0.05, 0) is 77.7 Å². The van der Waals surface area contributed by atoms with Gasteiger partial charge in [-0.1, -0.05) is 25.5 Å². The first-order valence-corrected chi connectivity index (χ1v) is 8.62. The van der Waals surface area contributed by atoms with Crippen LogP contribution >= 0.6 is 0 Å². The van der Waals surface area contributed by atoms with E-state index in [4.69, 9.17) is 4.74 Å². The fourth-order valence-electron chi connectivity index (χ4n) is 2.19. The minimum atomic E-state index is -0.0732. The maximum Gasteiger partial charge on any atom is 0.186 e. The molecule has 0 aromatic carbocycles. The topological polar surface area (TPSA) is 21.3 Å². The van der Waals surface area contributed by atoms with Crippen molar-refractivity contribution in [3.63, 3.8) is 0 Å². The van der Waals surface area contributed by atoms with Crippen molar-refractivity contribution >= 4 is 0 Å². The van der Waals surface area contributed by atoms with Crippen LogP contribution in [0.2, 0.25) is 0 Å². The summed E-state index contributed by atoms with van der Waals surface area (Å²) in [5.74, 6) is 1.74. The van der Waals surface area contributed by atoms with Crippen molar-refractivity contribution in [2.24, 2.45) is 5.92 Å². The van der Waals surface area contributed by atoms with E-state index in [9.17, 15) is 0 Å². The highest BCUT2D eigenvalue weighted by Gasteiger charge is 2.23. The highest BCUT2D eigenvalue weighted by molar-refractivity contribution is 5.14. The number of hydrogen-bond donors (Lipinski definition) is 1. The van der Waals surface area contributed by atoms with Crippen LogP contribution in [-0.2, 0) is 4.74 Å².